The van der Waals surface area contributed by atoms with Crippen molar-refractivity contribution in [2.24, 2.45) is 17.6 Å². The van der Waals surface area contributed by atoms with Gasteiger partial charge in [0.05, 0.1) is 37.1 Å². The van der Waals surface area contributed by atoms with Crippen LogP contribution >= 0.6 is 0 Å². The van der Waals surface area contributed by atoms with E-state index in [4.69, 9.17) is 15.7 Å². The largest absolute Gasteiger partial charge is 0.492 e. The molecule has 0 bridgehead atoms. The standard InChI is InChI=1S/C16H23N7O2/c1-2-25-12-4-6-19-8-11(12)21-16(24)13-14(18)22-23-9-10(3-5-17)7-20-15(13)23/h4,6,8,10,13-15,20,22H,2-3,7,9,18H2,1H3,(H,21,24). The molecule has 2 saturated heterocycles. The van der Waals surface area contributed by atoms with Gasteiger partial charge in [0, 0.05) is 31.8 Å². The molecule has 0 aliphatic carbocycles. The summed E-state index contributed by atoms with van der Waals surface area (Å²) in [4.78, 5) is 16.9. The zero-order valence-electron chi connectivity index (χ0n) is 14.1. The number of carbonyl (C=O) groups excluding carboxylic acids is 1. The first-order valence-electron chi connectivity index (χ1n) is 8.40. The second-order valence-electron chi connectivity index (χ2n) is 6.21. The lowest BCUT2D eigenvalue weighted by Gasteiger charge is -2.35. The number of aromatic nitrogens is 1. The zero-order chi connectivity index (χ0) is 17.8. The second kappa shape index (κ2) is 7.76. The fourth-order valence-corrected chi connectivity index (χ4v) is 3.32. The maximum absolute atomic E-state index is 12.8. The average molecular weight is 345 g/mol. The Labute approximate surface area is 146 Å². The third-order valence-corrected chi connectivity index (χ3v) is 4.47. The molecule has 4 unspecified atom stereocenters. The van der Waals surface area contributed by atoms with Gasteiger partial charge < -0.3 is 15.8 Å². The van der Waals surface area contributed by atoms with E-state index in [0.29, 0.717) is 37.6 Å². The van der Waals surface area contributed by atoms with E-state index >= 15 is 0 Å². The van der Waals surface area contributed by atoms with Gasteiger partial charge in [0.25, 0.3) is 0 Å². The van der Waals surface area contributed by atoms with Gasteiger partial charge in [-0.2, -0.15) is 5.26 Å². The highest BCUT2D eigenvalue weighted by Gasteiger charge is 2.46. The van der Waals surface area contributed by atoms with Crippen molar-refractivity contribution in [1.82, 2.24) is 20.7 Å². The van der Waals surface area contributed by atoms with E-state index < -0.39 is 12.1 Å². The first-order chi connectivity index (χ1) is 12.1. The van der Waals surface area contributed by atoms with Crippen LogP contribution in [0, 0.1) is 23.2 Å². The van der Waals surface area contributed by atoms with Gasteiger partial charge in [-0.3, -0.25) is 15.1 Å². The summed E-state index contributed by atoms with van der Waals surface area (Å²) in [5, 5.41) is 17.0. The van der Waals surface area contributed by atoms with Crippen LogP contribution in [-0.2, 0) is 4.79 Å². The van der Waals surface area contributed by atoms with Crippen molar-refractivity contribution in [3.05, 3.63) is 18.5 Å². The molecule has 134 valence electrons. The van der Waals surface area contributed by atoms with E-state index in [1.54, 1.807) is 18.5 Å². The Hall–Kier alpha value is -2.25. The van der Waals surface area contributed by atoms with Crippen molar-refractivity contribution in [3.8, 4) is 11.8 Å². The Balaban J connectivity index is 1.70. The van der Waals surface area contributed by atoms with Crippen LogP contribution in [-0.4, -0.2) is 47.9 Å². The molecule has 25 heavy (non-hydrogen) atoms. The monoisotopic (exact) mass is 345 g/mol. The van der Waals surface area contributed by atoms with Gasteiger partial charge in [-0.15, -0.1) is 0 Å². The molecule has 0 radical (unpaired) electrons. The van der Waals surface area contributed by atoms with Crippen LogP contribution in [0.15, 0.2) is 18.5 Å². The number of hydrazine groups is 1. The Kier molecular flexibility index (Phi) is 5.45. The van der Waals surface area contributed by atoms with Crippen molar-refractivity contribution in [1.29, 1.82) is 5.26 Å². The number of nitrogens with one attached hydrogen (secondary N) is 3. The predicted octanol–water partition coefficient (Wildman–Crippen LogP) is -0.401. The van der Waals surface area contributed by atoms with Gasteiger partial charge in [-0.05, 0) is 12.8 Å². The minimum absolute atomic E-state index is 0.201. The van der Waals surface area contributed by atoms with E-state index in [9.17, 15) is 4.79 Å². The molecule has 1 aromatic heterocycles. The number of nitriles is 1. The Morgan fingerprint density at radius 3 is 3.24 bits per heavy atom. The van der Waals surface area contributed by atoms with Gasteiger partial charge in [0.1, 0.15) is 11.4 Å². The molecule has 2 fully saturated rings. The molecule has 4 atom stereocenters. The van der Waals surface area contributed by atoms with Crippen LogP contribution in [0.5, 0.6) is 5.75 Å². The van der Waals surface area contributed by atoms with Crippen molar-refractivity contribution in [3.63, 3.8) is 0 Å². The predicted molar refractivity (Wildman–Crippen MR) is 90.9 cm³/mol. The number of nitrogens with zero attached hydrogens (tertiary/aromatic N) is 3. The third-order valence-electron chi connectivity index (χ3n) is 4.47. The SMILES string of the molecule is CCOc1ccncc1NC(=O)C1C(N)NN2CC(CC#N)CNC12. The second-order valence-corrected chi connectivity index (χ2v) is 6.21. The Morgan fingerprint density at radius 1 is 1.64 bits per heavy atom. The van der Waals surface area contributed by atoms with E-state index in [2.05, 4.69) is 27.1 Å². The lowest BCUT2D eigenvalue weighted by molar-refractivity contribution is -0.121. The first-order valence-corrected chi connectivity index (χ1v) is 8.40. The van der Waals surface area contributed by atoms with Crippen molar-refractivity contribution in [2.45, 2.75) is 25.7 Å². The number of amides is 1. The van der Waals surface area contributed by atoms with Gasteiger partial charge in [0.2, 0.25) is 5.91 Å². The summed E-state index contributed by atoms with van der Waals surface area (Å²) in [7, 11) is 0. The number of hydrogen-bond acceptors (Lipinski definition) is 8. The molecule has 9 heteroatoms. The van der Waals surface area contributed by atoms with E-state index in [-0.39, 0.29) is 18.0 Å². The molecule has 2 aliphatic rings. The third kappa shape index (κ3) is 3.72. The summed E-state index contributed by atoms with van der Waals surface area (Å²) in [6.45, 7) is 3.74. The average Bonchev–Trinajstić information content (AvgIpc) is 2.92. The number of carbonyl (C=O) groups is 1. The number of anilines is 1. The van der Waals surface area contributed by atoms with Crippen molar-refractivity contribution >= 4 is 11.6 Å². The Morgan fingerprint density at radius 2 is 2.48 bits per heavy atom. The van der Waals surface area contributed by atoms with Crippen molar-refractivity contribution < 1.29 is 9.53 Å². The molecule has 0 spiro atoms. The molecule has 2 aliphatic heterocycles. The van der Waals surface area contributed by atoms with E-state index in [0.717, 1.165) is 0 Å². The topological polar surface area (TPSA) is 128 Å². The van der Waals surface area contributed by atoms with Crippen molar-refractivity contribution in [2.75, 3.05) is 25.0 Å². The van der Waals surface area contributed by atoms with Crippen LogP contribution in [0.1, 0.15) is 13.3 Å². The molecule has 3 rings (SSSR count). The molecule has 5 N–H and O–H groups in total. The number of nitrogens with two attached hydrogens (primary N) is 1. The summed E-state index contributed by atoms with van der Waals surface area (Å²) < 4.78 is 5.52. The zero-order valence-corrected chi connectivity index (χ0v) is 14.1. The fraction of sp³-hybridized carbons (Fsp3) is 0.562. The van der Waals surface area contributed by atoms with Gasteiger partial charge in [-0.1, -0.05) is 0 Å². The number of pyridine rings is 1. The molecule has 3 heterocycles. The maximum Gasteiger partial charge on any atom is 0.233 e. The summed E-state index contributed by atoms with van der Waals surface area (Å²) in [6, 6.07) is 3.90. The van der Waals surface area contributed by atoms with Crippen LogP contribution in [0.25, 0.3) is 0 Å². The molecule has 9 nitrogen and oxygen atoms in total. The first kappa shape index (κ1) is 17.6. The number of hydrogen-bond donors (Lipinski definition) is 4. The lowest BCUT2D eigenvalue weighted by Crippen LogP contribution is -2.57. The minimum Gasteiger partial charge on any atom is -0.492 e. The maximum atomic E-state index is 12.8. The molecule has 0 aromatic carbocycles. The van der Waals surface area contributed by atoms with Crippen LogP contribution in [0.4, 0.5) is 5.69 Å². The number of ether oxygens (including phenoxy) is 1. The van der Waals surface area contributed by atoms with Crippen LogP contribution in [0.3, 0.4) is 0 Å². The van der Waals surface area contributed by atoms with E-state index in [1.165, 1.54) is 0 Å². The fourth-order valence-electron chi connectivity index (χ4n) is 3.32. The number of rotatable bonds is 5. The summed E-state index contributed by atoms with van der Waals surface area (Å²) in [5.41, 5.74) is 9.80. The molecular weight excluding hydrogens is 322 g/mol. The quantitative estimate of drug-likeness (QED) is 0.567. The molecule has 1 amide bonds. The molecule has 1 aromatic rings. The highest BCUT2D eigenvalue weighted by atomic mass is 16.5. The lowest BCUT2D eigenvalue weighted by atomic mass is 9.98. The van der Waals surface area contributed by atoms with Gasteiger partial charge in [0.15, 0.2) is 0 Å². The highest BCUT2D eigenvalue weighted by molar-refractivity contribution is 5.94. The highest BCUT2D eigenvalue weighted by Crippen LogP contribution is 2.27. The van der Waals surface area contributed by atoms with Gasteiger partial charge in [-0.25, -0.2) is 10.4 Å². The number of fused-ring (bicyclic) bond motifs is 1. The van der Waals surface area contributed by atoms with Crippen LogP contribution in [0.2, 0.25) is 0 Å². The minimum atomic E-state index is -0.509. The van der Waals surface area contributed by atoms with E-state index in [1.807, 2.05) is 11.9 Å². The van der Waals surface area contributed by atoms with Crippen LogP contribution < -0.4 is 26.5 Å². The molecular formula is C16H23N7O2. The summed E-state index contributed by atoms with van der Waals surface area (Å²) in [6.07, 6.45) is 2.93. The Bertz CT molecular complexity index is 662. The summed E-state index contributed by atoms with van der Waals surface area (Å²) >= 11 is 0. The normalized spacial score (nSPS) is 28.8. The smallest absolute Gasteiger partial charge is 0.233 e. The van der Waals surface area contributed by atoms with Gasteiger partial charge >= 0.3 is 0 Å². The molecule has 0 saturated carbocycles. The summed E-state index contributed by atoms with van der Waals surface area (Å²) in [5.74, 6) is 0.115.